The first-order valence-electron chi connectivity index (χ1n) is 6.18. The van der Waals surface area contributed by atoms with Crippen molar-refractivity contribution >= 4 is 20.4 Å². The third-order valence-corrected chi connectivity index (χ3v) is 5.60. The van der Waals surface area contributed by atoms with Crippen LogP contribution in [0.5, 0.6) is 0 Å². The van der Waals surface area contributed by atoms with Gasteiger partial charge in [-0.05, 0) is 26.2 Å². The van der Waals surface area contributed by atoms with Gasteiger partial charge in [0.05, 0.1) is 0 Å². The lowest BCUT2D eigenvalue weighted by Gasteiger charge is -2.31. The van der Waals surface area contributed by atoms with E-state index in [1.807, 2.05) is 6.92 Å². The maximum Gasteiger partial charge on any atom is 0.519 e. The van der Waals surface area contributed by atoms with Gasteiger partial charge in [0.1, 0.15) is 5.00 Å². The molecule has 0 aromatic carbocycles. The van der Waals surface area contributed by atoms with E-state index in [1.165, 1.54) is 0 Å². The monoisotopic (exact) mass is 268 g/mol. The van der Waals surface area contributed by atoms with Gasteiger partial charge < -0.3 is 13.3 Å². The summed E-state index contributed by atoms with van der Waals surface area (Å²) < 4.78 is 17.4. The first kappa shape index (κ1) is 16.4. The molecule has 0 saturated heterocycles. The molecule has 0 radical (unpaired) electrons. The Morgan fingerprint density at radius 1 is 0.875 bits per heavy atom. The van der Waals surface area contributed by atoms with E-state index < -0.39 is 8.80 Å². The Morgan fingerprint density at radius 3 is 1.38 bits per heavy atom. The Kier molecular flexibility index (Phi) is 9.65. The molecule has 98 valence electrons. The van der Waals surface area contributed by atoms with E-state index in [0.717, 1.165) is 19.3 Å². The van der Waals surface area contributed by atoms with E-state index >= 15 is 0 Å². The summed E-state index contributed by atoms with van der Waals surface area (Å²) in [5, 5.41) is -0.197. The lowest BCUT2D eigenvalue weighted by molar-refractivity contribution is 0.0581. The standard InChI is InChI=1S/C11H25ClO3Si/c1-5-8-13-16(11(4)12,14-9-6-2)15-10-7-3/h11H,5-10H2,1-4H3. The number of rotatable bonds is 10. The summed E-state index contributed by atoms with van der Waals surface area (Å²) in [7, 11) is -2.67. The molecule has 0 aromatic rings. The molecule has 16 heavy (non-hydrogen) atoms. The van der Waals surface area contributed by atoms with Crippen molar-refractivity contribution in [3.63, 3.8) is 0 Å². The zero-order valence-corrected chi connectivity index (χ0v) is 12.7. The lowest BCUT2D eigenvalue weighted by Crippen LogP contribution is -2.53. The van der Waals surface area contributed by atoms with E-state index in [0.29, 0.717) is 19.8 Å². The van der Waals surface area contributed by atoms with Crippen LogP contribution in [0, 0.1) is 0 Å². The van der Waals surface area contributed by atoms with Crippen molar-refractivity contribution in [1.29, 1.82) is 0 Å². The van der Waals surface area contributed by atoms with Crippen LogP contribution in [0.3, 0.4) is 0 Å². The van der Waals surface area contributed by atoms with Gasteiger partial charge in [0, 0.05) is 19.8 Å². The topological polar surface area (TPSA) is 27.7 Å². The van der Waals surface area contributed by atoms with Crippen LogP contribution in [-0.4, -0.2) is 33.6 Å². The van der Waals surface area contributed by atoms with E-state index in [2.05, 4.69) is 20.8 Å². The van der Waals surface area contributed by atoms with Crippen LogP contribution in [0.25, 0.3) is 0 Å². The van der Waals surface area contributed by atoms with Gasteiger partial charge in [-0.3, -0.25) is 0 Å². The highest BCUT2D eigenvalue weighted by Crippen LogP contribution is 2.20. The number of hydrogen-bond donors (Lipinski definition) is 0. The van der Waals surface area contributed by atoms with Crippen molar-refractivity contribution in [3.05, 3.63) is 0 Å². The summed E-state index contributed by atoms with van der Waals surface area (Å²) in [6.07, 6.45) is 2.84. The second kappa shape index (κ2) is 9.42. The predicted molar refractivity (Wildman–Crippen MR) is 69.8 cm³/mol. The summed E-state index contributed by atoms with van der Waals surface area (Å²) >= 11 is 6.19. The zero-order valence-electron chi connectivity index (χ0n) is 10.9. The molecule has 0 N–H and O–H groups in total. The van der Waals surface area contributed by atoms with E-state index in [1.54, 1.807) is 0 Å². The van der Waals surface area contributed by atoms with Gasteiger partial charge in [-0.15, -0.1) is 11.6 Å². The van der Waals surface area contributed by atoms with Crippen molar-refractivity contribution in [2.45, 2.75) is 52.0 Å². The van der Waals surface area contributed by atoms with Crippen molar-refractivity contribution in [3.8, 4) is 0 Å². The van der Waals surface area contributed by atoms with E-state index in [-0.39, 0.29) is 5.00 Å². The molecule has 0 aliphatic heterocycles. The Bertz CT molecular complexity index is 146. The SMILES string of the molecule is CCCO[Si](OCCC)(OCCC)C(C)Cl. The minimum Gasteiger partial charge on any atom is -0.373 e. The molecule has 0 aliphatic rings. The van der Waals surface area contributed by atoms with Gasteiger partial charge in [-0.1, -0.05) is 20.8 Å². The minimum absolute atomic E-state index is 0.197. The molecule has 1 unspecified atom stereocenters. The molecule has 0 saturated carbocycles. The van der Waals surface area contributed by atoms with Gasteiger partial charge in [-0.25, -0.2) is 0 Å². The smallest absolute Gasteiger partial charge is 0.373 e. The second-order valence-corrected chi connectivity index (χ2v) is 7.72. The second-order valence-electron chi connectivity index (χ2n) is 3.76. The van der Waals surface area contributed by atoms with Crippen LogP contribution in [-0.2, 0) is 13.3 Å². The van der Waals surface area contributed by atoms with Crippen LogP contribution in [0.2, 0.25) is 0 Å². The molecular formula is C11H25ClO3Si. The fourth-order valence-corrected chi connectivity index (χ4v) is 4.17. The van der Waals surface area contributed by atoms with Crippen LogP contribution in [0.4, 0.5) is 0 Å². The van der Waals surface area contributed by atoms with Gasteiger partial charge in [0.15, 0.2) is 0 Å². The highest BCUT2D eigenvalue weighted by molar-refractivity contribution is 6.71. The Balaban J connectivity index is 4.46. The molecule has 0 rings (SSSR count). The molecule has 0 spiro atoms. The molecule has 0 bridgehead atoms. The molecule has 0 aliphatic carbocycles. The fourth-order valence-electron chi connectivity index (χ4n) is 1.20. The quantitative estimate of drug-likeness (QED) is 0.449. The highest BCUT2D eigenvalue weighted by Gasteiger charge is 2.46. The van der Waals surface area contributed by atoms with Crippen LogP contribution in [0.1, 0.15) is 47.0 Å². The molecule has 0 fully saturated rings. The third kappa shape index (κ3) is 5.64. The largest absolute Gasteiger partial charge is 0.519 e. The van der Waals surface area contributed by atoms with E-state index in [4.69, 9.17) is 24.9 Å². The summed E-state index contributed by atoms with van der Waals surface area (Å²) in [6, 6.07) is 0. The average Bonchev–Trinajstić information content (AvgIpc) is 2.28. The molecule has 1 atom stereocenters. The molecule has 3 nitrogen and oxygen atoms in total. The zero-order chi connectivity index (χ0) is 12.4. The van der Waals surface area contributed by atoms with E-state index in [9.17, 15) is 0 Å². The Hall–Kier alpha value is 0.387. The predicted octanol–water partition coefficient (Wildman–Crippen LogP) is 3.37. The minimum atomic E-state index is -2.67. The van der Waals surface area contributed by atoms with Crippen molar-refractivity contribution in [1.82, 2.24) is 0 Å². The van der Waals surface area contributed by atoms with Crippen molar-refractivity contribution < 1.29 is 13.3 Å². The highest BCUT2D eigenvalue weighted by atomic mass is 35.5. The number of halogens is 1. The summed E-state index contributed by atoms with van der Waals surface area (Å²) in [4.78, 5) is 0. The number of hydrogen-bond acceptors (Lipinski definition) is 3. The number of alkyl halides is 1. The average molecular weight is 269 g/mol. The first-order chi connectivity index (χ1) is 7.63. The van der Waals surface area contributed by atoms with Gasteiger partial charge >= 0.3 is 8.80 Å². The Labute approximate surface area is 106 Å². The summed E-state index contributed by atoms with van der Waals surface area (Å²) in [6.45, 7) is 10.0. The lowest BCUT2D eigenvalue weighted by atomic mass is 10.5. The maximum atomic E-state index is 6.19. The van der Waals surface area contributed by atoms with Crippen molar-refractivity contribution in [2.75, 3.05) is 19.8 Å². The first-order valence-corrected chi connectivity index (χ1v) is 8.42. The summed E-state index contributed by atoms with van der Waals surface area (Å²) in [5.41, 5.74) is 0. The van der Waals surface area contributed by atoms with Crippen LogP contribution >= 0.6 is 11.6 Å². The molecule has 0 heterocycles. The normalized spacial score (nSPS) is 14.1. The fraction of sp³-hybridized carbons (Fsp3) is 1.00. The van der Waals surface area contributed by atoms with Crippen LogP contribution in [0.15, 0.2) is 0 Å². The molecule has 0 amide bonds. The third-order valence-electron chi connectivity index (χ3n) is 2.01. The van der Waals surface area contributed by atoms with Gasteiger partial charge in [-0.2, -0.15) is 0 Å². The molecule has 0 aromatic heterocycles. The maximum absolute atomic E-state index is 6.19. The summed E-state index contributed by atoms with van der Waals surface area (Å²) in [5.74, 6) is 0. The van der Waals surface area contributed by atoms with Crippen LogP contribution < -0.4 is 0 Å². The molecule has 5 heteroatoms. The van der Waals surface area contributed by atoms with Gasteiger partial charge in [0.2, 0.25) is 0 Å². The van der Waals surface area contributed by atoms with Crippen molar-refractivity contribution in [2.24, 2.45) is 0 Å². The van der Waals surface area contributed by atoms with Gasteiger partial charge in [0.25, 0.3) is 0 Å². The Morgan fingerprint density at radius 2 is 1.19 bits per heavy atom. The molecular weight excluding hydrogens is 244 g/mol.